The van der Waals surface area contributed by atoms with Crippen LogP contribution in [0, 0.1) is 0 Å². The second-order valence-electron chi connectivity index (χ2n) is 4.71. The summed E-state index contributed by atoms with van der Waals surface area (Å²) in [6.07, 6.45) is 5.61. The Hall–Kier alpha value is -2.40. The van der Waals surface area contributed by atoms with Gasteiger partial charge >= 0.3 is 0 Å². The Balaban J connectivity index is 2.13. The molecule has 5 heteroatoms. The Bertz CT molecular complexity index is 738. The number of nitrogens with zero attached hydrogens (tertiary/aromatic N) is 3. The molecule has 0 aliphatic carbocycles. The molecule has 0 aliphatic heterocycles. The van der Waals surface area contributed by atoms with Gasteiger partial charge in [-0.15, -0.1) is 0 Å². The third kappa shape index (κ3) is 2.48. The number of hydrogen-bond donors (Lipinski definition) is 1. The second kappa shape index (κ2) is 5.93. The molecule has 0 aliphatic rings. The quantitative estimate of drug-likeness (QED) is 0.781. The summed E-state index contributed by atoms with van der Waals surface area (Å²) >= 11 is 0. The molecule has 3 rings (SSSR count). The summed E-state index contributed by atoms with van der Waals surface area (Å²) in [5.74, 6) is 0.777. The van der Waals surface area contributed by atoms with Crippen molar-refractivity contribution in [1.82, 2.24) is 19.9 Å². The minimum absolute atomic E-state index is 0.0500. The molecule has 0 radical (unpaired) electrons. The minimum atomic E-state index is -0.0500. The highest BCUT2D eigenvalue weighted by molar-refractivity contribution is 5.57. The van der Waals surface area contributed by atoms with Crippen LogP contribution in [0.2, 0.25) is 0 Å². The molecule has 21 heavy (non-hydrogen) atoms. The number of nitrogens with one attached hydrogen (secondary N) is 1. The van der Waals surface area contributed by atoms with Gasteiger partial charge in [-0.05, 0) is 30.8 Å². The highest BCUT2D eigenvalue weighted by Crippen LogP contribution is 2.30. The van der Waals surface area contributed by atoms with Crippen LogP contribution in [0.15, 0.2) is 48.9 Å². The van der Waals surface area contributed by atoms with Gasteiger partial charge in [0.25, 0.3) is 0 Å². The van der Waals surface area contributed by atoms with Crippen molar-refractivity contribution >= 4 is 5.52 Å². The van der Waals surface area contributed by atoms with E-state index >= 15 is 0 Å². The van der Waals surface area contributed by atoms with Crippen LogP contribution in [-0.4, -0.2) is 28.3 Å². The van der Waals surface area contributed by atoms with E-state index in [9.17, 15) is 0 Å². The van der Waals surface area contributed by atoms with Crippen LogP contribution in [0.1, 0.15) is 24.2 Å². The fraction of sp³-hybridized carbons (Fsp3) is 0.250. The Morgan fingerprint density at radius 2 is 2.19 bits per heavy atom. The molecule has 0 bridgehead atoms. The molecule has 3 aromatic heterocycles. The van der Waals surface area contributed by atoms with Crippen LogP contribution in [0.4, 0.5) is 0 Å². The molecule has 3 aromatic rings. The smallest absolute Gasteiger partial charge is 0.142 e. The summed E-state index contributed by atoms with van der Waals surface area (Å²) in [4.78, 5) is 4.51. The maximum absolute atomic E-state index is 5.45. The van der Waals surface area contributed by atoms with Crippen molar-refractivity contribution in [2.24, 2.45) is 0 Å². The summed E-state index contributed by atoms with van der Waals surface area (Å²) in [6.45, 7) is 2.91. The van der Waals surface area contributed by atoms with E-state index in [0.29, 0.717) is 0 Å². The first kappa shape index (κ1) is 13.6. The molecule has 0 saturated heterocycles. The summed E-state index contributed by atoms with van der Waals surface area (Å²) in [7, 11) is 1.67. The van der Waals surface area contributed by atoms with Gasteiger partial charge in [-0.25, -0.2) is 4.52 Å². The number of pyridine rings is 2. The molecule has 0 saturated carbocycles. The van der Waals surface area contributed by atoms with E-state index in [2.05, 4.69) is 28.4 Å². The van der Waals surface area contributed by atoms with Crippen LogP contribution >= 0.6 is 0 Å². The number of aromatic nitrogens is 3. The van der Waals surface area contributed by atoms with Crippen molar-refractivity contribution in [1.29, 1.82) is 0 Å². The third-order valence-corrected chi connectivity index (χ3v) is 3.47. The van der Waals surface area contributed by atoms with Crippen LogP contribution in [0.5, 0.6) is 5.75 Å². The lowest BCUT2D eigenvalue weighted by Gasteiger charge is -2.18. The van der Waals surface area contributed by atoms with Gasteiger partial charge in [-0.1, -0.05) is 13.0 Å². The fourth-order valence-corrected chi connectivity index (χ4v) is 2.53. The molecule has 0 aromatic carbocycles. The zero-order valence-corrected chi connectivity index (χ0v) is 12.2. The lowest BCUT2D eigenvalue weighted by Crippen LogP contribution is -2.23. The number of methoxy groups -OCH3 is 1. The summed E-state index contributed by atoms with van der Waals surface area (Å²) in [5.41, 5.74) is 3.03. The monoisotopic (exact) mass is 282 g/mol. The van der Waals surface area contributed by atoms with Crippen molar-refractivity contribution in [2.75, 3.05) is 13.7 Å². The number of fused-ring (bicyclic) bond motifs is 1. The maximum atomic E-state index is 5.45. The van der Waals surface area contributed by atoms with Crippen LogP contribution in [0.3, 0.4) is 0 Å². The Kier molecular flexibility index (Phi) is 3.83. The van der Waals surface area contributed by atoms with Gasteiger partial charge in [0.2, 0.25) is 0 Å². The predicted octanol–water partition coefficient (Wildman–Crippen LogP) is 2.44. The first-order valence-electron chi connectivity index (χ1n) is 6.99. The van der Waals surface area contributed by atoms with Gasteiger partial charge in [0.15, 0.2) is 0 Å². The van der Waals surface area contributed by atoms with Crippen molar-refractivity contribution in [2.45, 2.75) is 13.0 Å². The molecule has 108 valence electrons. The molecule has 1 N–H and O–H groups in total. The van der Waals surface area contributed by atoms with Crippen molar-refractivity contribution in [3.8, 4) is 5.75 Å². The highest BCUT2D eigenvalue weighted by atomic mass is 16.5. The minimum Gasteiger partial charge on any atom is -0.495 e. The topological polar surface area (TPSA) is 51.5 Å². The standard InChI is InChI=1S/C16H18N4O/c1-3-17-15(16-14(21-2)8-6-9-18-16)12-11-19-20-10-5-4-7-13(12)20/h4-11,15,17H,3H2,1-2H3. The van der Waals surface area contributed by atoms with E-state index in [0.717, 1.165) is 29.1 Å². The average Bonchev–Trinajstić information content (AvgIpc) is 2.96. The first-order chi connectivity index (χ1) is 10.3. The average molecular weight is 282 g/mol. The normalized spacial score (nSPS) is 12.5. The summed E-state index contributed by atoms with van der Waals surface area (Å²) < 4.78 is 7.32. The van der Waals surface area contributed by atoms with Crippen molar-refractivity contribution < 1.29 is 4.74 Å². The lowest BCUT2D eigenvalue weighted by molar-refractivity contribution is 0.400. The fourth-order valence-electron chi connectivity index (χ4n) is 2.53. The van der Waals surface area contributed by atoms with Gasteiger partial charge in [-0.3, -0.25) is 4.98 Å². The molecule has 0 spiro atoms. The van der Waals surface area contributed by atoms with E-state index in [-0.39, 0.29) is 6.04 Å². The van der Waals surface area contributed by atoms with Gasteiger partial charge in [0.05, 0.1) is 24.9 Å². The summed E-state index contributed by atoms with van der Waals surface area (Å²) in [5, 5.41) is 7.88. The molecular weight excluding hydrogens is 264 g/mol. The van der Waals surface area contributed by atoms with E-state index in [4.69, 9.17) is 4.74 Å². The number of rotatable bonds is 5. The molecule has 3 heterocycles. The SMILES string of the molecule is CCNC(c1ncccc1OC)c1cnn2ccccc12. The zero-order chi connectivity index (χ0) is 14.7. The van der Waals surface area contributed by atoms with Gasteiger partial charge in [0, 0.05) is 18.0 Å². The van der Waals surface area contributed by atoms with E-state index in [1.807, 2.05) is 41.2 Å². The Morgan fingerprint density at radius 1 is 1.29 bits per heavy atom. The van der Waals surface area contributed by atoms with Crippen LogP contribution < -0.4 is 10.1 Å². The molecular formula is C16H18N4O. The molecule has 5 nitrogen and oxygen atoms in total. The lowest BCUT2D eigenvalue weighted by atomic mass is 10.0. The van der Waals surface area contributed by atoms with Gasteiger partial charge < -0.3 is 10.1 Å². The first-order valence-corrected chi connectivity index (χ1v) is 6.99. The molecule has 1 unspecified atom stereocenters. The van der Waals surface area contributed by atoms with Crippen molar-refractivity contribution in [3.05, 3.63) is 60.2 Å². The highest BCUT2D eigenvalue weighted by Gasteiger charge is 2.22. The Labute approximate surface area is 123 Å². The molecule has 0 fully saturated rings. The van der Waals surface area contributed by atoms with Crippen molar-refractivity contribution in [3.63, 3.8) is 0 Å². The van der Waals surface area contributed by atoms with Gasteiger partial charge in [-0.2, -0.15) is 5.10 Å². The number of hydrogen-bond acceptors (Lipinski definition) is 4. The number of ether oxygens (including phenoxy) is 1. The van der Waals surface area contributed by atoms with E-state index < -0.39 is 0 Å². The Morgan fingerprint density at radius 3 is 3.00 bits per heavy atom. The van der Waals surface area contributed by atoms with E-state index in [1.54, 1.807) is 13.3 Å². The zero-order valence-electron chi connectivity index (χ0n) is 12.2. The molecule has 1 atom stereocenters. The van der Waals surface area contributed by atoms with Crippen LogP contribution in [-0.2, 0) is 0 Å². The van der Waals surface area contributed by atoms with Crippen LogP contribution in [0.25, 0.3) is 5.52 Å². The maximum Gasteiger partial charge on any atom is 0.142 e. The van der Waals surface area contributed by atoms with E-state index in [1.165, 1.54) is 0 Å². The molecule has 0 amide bonds. The largest absolute Gasteiger partial charge is 0.495 e. The predicted molar refractivity (Wildman–Crippen MR) is 81.5 cm³/mol. The third-order valence-electron chi connectivity index (χ3n) is 3.47. The second-order valence-corrected chi connectivity index (χ2v) is 4.71. The van der Waals surface area contributed by atoms with Gasteiger partial charge in [0.1, 0.15) is 11.4 Å². The summed E-state index contributed by atoms with van der Waals surface area (Å²) in [6, 6.07) is 9.79.